The van der Waals surface area contributed by atoms with Gasteiger partial charge < -0.3 is 9.47 Å². The zero-order chi connectivity index (χ0) is 16.8. The predicted molar refractivity (Wildman–Crippen MR) is 86.2 cm³/mol. The number of hydrogen-bond acceptors (Lipinski definition) is 4. The summed E-state index contributed by atoms with van der Waals surface area (Å²) in [5.74, 6) is 1.03. The van der Waals surface area contributed by atoms with E-state index in [2.05, 4.69) is 0 Å². The van der Waals surface area contributed by atoms with Crippen LogP contribution in [0.2, 0.25) is 0 Å². The van der Waals surface area contributed by atoms with Gasteiger partial charge >= 0.3 is 0 Å². The van der Waals surface area contributed by atoms with Gasteiger partial charge in [0.1, 0.15) is 23.4 Å². The number of benzene rings is 2. The van der Waals surface area contributed by atoms with Gasteiger partial charge in [-0.2, -0.15) is 5.26 Å². The first-order valence-electron chi connectivity index (χ1n) is 6.81. The largest absolute Gasteiger partial charge is 0.496 e. The summed E-state index contributed by atoms with van der Waals surface area (Å²) in [5.41, 5.74) is 1.71. The molecule has 0 spiro atoms. The Morgan fingerprint density at radius 1 is 1.09 bits per heavy atom. The maximum Gasteiger partial charge on any atom is 0.136 e. The van der Waals surface area contributed by atoms with Crippen LogP contribution in [0.3, 0.4) is 0 Å². The lowest BCUT2D eigenvalue weighted by molar-refractivity contribution is 0.410. The molecule has 0 aliphatic carbocycles. The summed E-state index contributed by atoms with van der Waals surface area (Å²) in [6.07, 6.45) is 0. The minimum atomic E-state index is -1.26. The van der Waals surface area contributed by atoms with Crippen molar-refractivity contribution in [3.63, 3.8) is 0 Å². The molecule has 0 saturated heterocycles. The molecule has 0 unspecified atom stereocenters. The topological polar surface area (TPSA) is 59.3 Å². The number of rotatable bonds is 6. The normalized spacial score (nSPS) is 11.6. The van der Waals surface area contributed by atoms with Crippen LogP contribution in [0.4, 0.5) is 4.39 Å². The van der Waals surface area contributed by atoms with Crippen molar-refractivity contribution in [3.05, 3.63) is 58.9 Å². The fraction of sp³-hybridized carbons (Fsp3) is 0.235. The summed E-state index contributed by atoms with van der Waals surface area (Å²) in [6, 6.07) is 11.3. The van der Waals surface area contributed by atoms with E-state index in [0.29, 0.717) is 22.6 Å². The van der Waals surface area contributed by atoms with Crippen LogP contribution in [0.5, 0.6) is 11.5 Å². The number of hydrogen-bond donors (Lipinski definition) is 0. The summed E-state index contributed by atoms with van der Waals surface area (Å²) in [5, 5.41) is 9.08. The van der Waals surface area contributed by atoms with Crippen LogP contribution in [-0.4, -0.2) is 18.4 Å². The summed E-state index contributed by atoms with van der Waals surface area (Å²) in [6.45, 7) is 0. The van der Waals surface area contributed by atoms with Gasteiger partial charge in [0.25, 0.3) is 0 Å². The van der Waals surface area contributed by atoms with E-state index in [1.807, 2.05) is 6.07 Å². The summed E-state index contributed by atoms with van der Waals surface area (Å²) >= 11 is 0. The summed E-state index contributed by atoms with van der Waals surface area (Å²) < 4.78 is 35.9. The van der Waals surface area contributed by atoms with Gasteiger partial charge in [-0.05, 0) is 35.9 Å². The predicted octanol–water partition coefficient (Wildman–Crippen LogP) is 3.16. The molecular weight excluding hydrogens is 317 g/mol. The molecule has 0 aromatic heterocycles. The van der Waals surface area contributed by atoms with Crippen molar-refractivity contribution in [2.24, 2.45) is 0 Å². The fourth-order valence-electron chi connectivity index (χ4n) is 2.20. The third-order valence-corrected chi connectivity index (χ3v) is 4.56. The van der Waals surface area contributed by atoms with Gasteiger partial charge in [-0.3, -0.25) is 4.21 Å². The first kappa shape index (κ1) is 17.0. The summed E-state index contributed by atoms with van der Waals surface area (Å²) in [7, 11) is 1.72. The van der Waals surface area contributed by atoms with E-state index in [4.69, 9.17) is 14.7 Å². The van der Waals surface area contributed by atoms with Crippen molar-refractivity contribution >= 4 is 10.8 Å². The third-order valence-electron chi connectivity index (χ3n) is 3.27. The molecule has 23 heavy (non-hydrogen) atoms. The zero-order valence-electron chi connectivity index (χ0n) is 12.8. The Hall–Kier alpha value is -2.39. The van der Waals surface area contributed by atoms with Crippen molar-refractivity contribution in [1.29, 1.82) is 5.26 Å². The van der Waals surface area contributed by atoms with Gasteiger partial charge in [-0.1, -0.05) is 6.07 Å². The Balaban J connectivity index is 2.14. The SMILES string of the molecule is COc1ccc(C[S@@](=O)Cc2cc(F)ccc2OC)cc1C#N. The molecule has 2 rings (SSSR count). The number of nitriles is 1. The molecular formula is C17H16FNO3S. The van der Waals surface area contributed by atoms with E-state index in [1.54, 1.807) is 18.2 Å². The zero-order valence-corrected chi connectivity index (χ0v) is 13.7. The lowest BCUT2D eigenvalue weighted by Gasteiger charge is -2.09. The quantitative estimate of drug-likeness (QED) is 0.815. The van der Waals surface area contributed by atoms with Crippen LogP contribution >= 0.6 is 0 Å². The van der Waals surface area contributed by atoms with Crippen LogP contribution < -0.4 is 9.47 Å². The molecule has 1 atom stereocenters. The molecule has 0 radical (unpaired) electrons. The standard InChI is InChI=1S/C17H16FNO3S/c1-21-16-5-3-12(7-13(16)9-19)10-23(20)11-14-8-15(18)4-6-17(14)22-2/h3-8H,10-11H2,1-2H3/t23-/m1/s1. The Kier molecular flexibility index (Phi) is 5.72. The molecule has 6 heteroatoms. The molecule has 120 valence electrons. The first-order valence-corrected chi connectivity index (χ1v) is 8.30. The van der Waals surface area contributed by atoms with E-state index >= 15 is 0 Å². The highest BCUT2D eigenvalue weighted by Crippen LogP contribution is 2.23. The van der Waals surface area contributed by atoms with Gasteiger partial charge in [0.05, 0.1) is 25.5 Å². The monoisotopic (exact) mass is 333 g/mol. The third kappa shape index (κ3) is 4.30. The molecule has 0 bridgehead atoms. The molecule has 0 amide bonds. The van der Waals surface area contributed by atoms with Crippen LogP contribution in [0.15, 0.2) is 36.4 Å². The summed E-state index contributed by atoms with van der Waals surface area (Å²) in [4.78, 5) is 0. The maximum atomic E-state index is 13.3. The molecule has 0 N–H and O–H groups in total. The molecule has 2 aromatic rings. The Morgan fingerprint density at radius 3 is 2.43 bits per heavy atom. The van der Waals surface area contributed by atoms with Crippen molar-refractivity contribution in [2.45, 2.75) is 11.5 Å². The Labute approximate surface area is 136 Å². The van der Waals surface area contributed by atoms with Crippen LogP contribution in [0.25, 0.3) is 0 Å². The maximum absolute atomic E-state index is 13.3. The van der Waals surface area contributed by atoms with Gasteiger partial charge in [-0.25, -0.2) is 4.39 Å². The van der Waals surface area contributed by atoms with Crippen LogP contribution in [0, 0.1) is 17.1 Å². The minimum absolute atomic E-state index is 0.175. The molecule has 0 aliphatic rings. The second-order valence-corrected chi connectivity index (χ2v) is 6.29. The van der Waals surface area contributed by atoms with E-state index in [1.165, 1.54) is 32.4 Å². The molecule has 4 nitrogen and oxygen atoms in total. The van der Waals surface area contributed by atoms with Crippen molar-refractivity contribution in [3.8, 4) is 17.6 Å². The van der Waals surface area contributed by atoms with Crippen LogP contribution in [-0.2, 0) is 22.3 Å². The highest BCUT2D eigenvalue weighted by Gasteiger charge is 2.11. The molecule has 2 aromatic carbocycles. The van der Waals surface area contributed by atoms with Crippen molar-refractivity contribution < 1.29 is 18.1 Å². The van der Waals surface area contributed by atoms with Gasteiger partial charge in [0.15, 0.2) is 0 Å². The smallest absolute Gasteiger partial charge is 0.136 e. The molecule has 0 aliphatic heterocycles. The fourth-order valence-corrected chi connectivity index (χ4v) is 3.43. The van der Waals surface area contributed by atoms with Crippen LogP contribution in [0.1, 0.15) is 16.7 Å². The highest BCUT2D eigenvalue weighted by atomic mass is 32.2. The highest BCUT2D eigenvalue weighted by molar-refractivity contribution is 7.83. The van der Waals surface area contributed by atoms with Gasteiger partial charge in [-0.15, -0.1) is 0 Å². The average Bonchev–Trinajstić information content (AvgIpc) is 2.54. The number of methoxy groups -OCH3 is 2. The lowest BCUT2D eigenvalue weighted by Crippen LogP contribution is -2.02. The number of halogens is 1. The van der Waals surface area contributed by atoms with Gasteiger partial charge in [0, 0.05) is 22.1 Å². The van der Waals surface area contributed by atoms with Crippen molar-refractivity contribution in [1.82, 2.24) is 0 Å². The van der Waals surface area contributed by atoms with E-state index in [0.717, 1.165) is 5.56 Å². The molecule has 0 saturated carbocycles. The van der Waals surface area contributed by atoms with E-state index in [9.17, 15) is 8.60 Å². The first-order chi connectivity index (χ1) is 11.1. The minimum Gasteiger partial charge on any atom is -0.496 e. The second kappa shape index (κ2) is 7.75. The number of nitrogens with zero attached hydrogens (tertiary/aromatic N) is 1. The number of ether oxygens (including phenoxy) is 2. The lowest BCUT2D eigenvalue weighted by atomic mass is 10.1. The van der Waals surface area contributed by atoms with Crippen molar-refractivity contribution in [2.75, 3.05) is 14.2 Å². The van der Waals surface area contributed by atoms with E-state index in [-0.39, 0.29) is 11.5 Å². The second-order valence-electron chi connectivity index (χ2n) is 4.83. The van der Waals surface area contributed by atoms with Gasteiger partial charge in [0.2, 0.25) is 0 Å². The Bertz CT molecular complexity index is 771. The molecule has 0 heterocycles. The molecule has 0 fully saturated rings. The Morgan fingerprint density at radius 2 is 1.78 bits per heavy atom. The van der Waals surface area contributed by atoms with E-state index < -0.39 is 16.6 Å². The average molecular weight is 333 g/mol.